The van der Waals surface area contributed by atoms with Gasteiger partial charge in [-0.2, -0.15) is 0 Å². The minimum atomic E-state index is -0.372. The van der Waals surface area contributed by atoms with Crippen molar-refractivity contribution in [1.82, 2.24) is 4.98 Å². The molecule has 0 unspecified atom stereocenters. The van der Waals surface area contributed by atoms with E-state index in [1.54, 1.807) is 13.8 Å². The molecule has 112 valence electrons. The van der Waals surface area contributed by atoms with Gasteiger partial charge >= 0.3 is 0 Å². The zero-order chi connectivity index (χ0) is 15.5. The monoisotopic (exact) mass is 291 g/mol. The molecule has 4 nitrogen and oxygen atoms in total. The van der Waals surface area contributed by atoms with Crippen LogP contribution >= 0.6 is 0 Å². The van der Waals surface area contributed by atoms with Crippen molar-refractivity contribution in [2.75, 3.05) is 6.61 Å². The highest BCUT2D eigenvalue weighted by atomic mass is 19.1. The minimum Gasteiger partial charge on any atom is -0.484 e. The van der Waals surface area contributed by atoms with Crippen LogP contribution in [0.5, 0.6) is 5.75 Å². The number of aryl methyl sites for hydroxylation is 1. The summed E-state index contributed by atoms with van der Waals surface area (Å²) in [5, 5.41) is 0. The van der Waals surface area contributed by atoms with Gasteiger partial charge in [-0.25, -0.2) is 4.39 Å². The van der Waals surface area contributed by atoms with Crippen molar-refractivity contribution in [1.29, 1.82) is 0 Å². The van der Waals surface area contributed by atoms with Crippen LogP contribution in [0.3, 0.4) is 0 Å². The first-order chi connectivity index (χ1) is 10.2. The van der Waals surface area contributed by atoms with Gasteiger partial charge in [-0.1, -0.05) is 30.3 Å². The van der Waals surface area contributed by atoms with Crippen molar-refractivity contribution in [2.24, 2.45) is 0 Å². The van der Waals surface area contributed by atoms with Crippen LogP contribution in [0, 0.1) is 12.7 Å². The van der Waals surface area contributed by atoms with Gasteiger partial charge in [0.25, 0.3) is 6.47 Å². The lowest BCUT2D eigenvalue weighted by atomic mass is 10.2. The Morgan fingerprint density at radius 2 is 2.00 bits per heavy atom. The second kappa shape index (κ2) is 9.47. The summed E-state index contributed by atoms with van der Waals surface area (Å²) in [6.45, 7) is 4.75. The number of nitrogens with zero attached hydrogens (tertiary/aromatic N) is 1. The summed E-state index contributed by atoms with van der Waals surface area (Å²) in [6, 6.07) is 11.0. The zero-order valence-electron chi connectivity index (χ0n) is 12.1. The summed E-state index contributed by atoms with van der Waals surface area (Å²) in [7, 11) is 0. The summed E-state index contributed by atoms with van der Waals surface area (Å²) in [4.78, 5) is 13.2. The van der Waals surface area contributed by atoms with Gasteiger partial charge in [0.1, 0.15) is 6.61 Å². The van der Waals surface area contributed by atoms with Gasteiger partial charge in [0, 0.05) is 5.69 Å². The van der Waals surface area contributed by atoms with E-state index in [4.69, 9.17) is 4.74 Å². The van der Waals surface area contributed by atoms with E-state index in [0.29, 0.717) is 25.4 Å². The Balaban J connectivity index is 0.000000383. The van der Waals surface area contributed by atoms with Crippen LogP contribution in [0.25, 0.3) is 0 Å². The van der Waals surface area contributed by atoms with E-state index in [2.05, 4.69) is 9.72 Å². The lowest BCUT2D eigenvalue weighted by Crippen LogP contribution is -1.98. The van der Waals surface area contributed by atoms with E-state index in [-0.39, 0.29) is 11.6 Å². The predicted octanol–water partition coefficient (Wildman–Crippen LogP) is 3.29. The third-order valence-electron chi connectivity index (χ3n) is 2.43. The third kappa shape index (κ3) is 6.51. The number of pyridine rings is 1. The molecule has 1 aromatic carbocycles. The molecular formula is C16H18FNO3. The lowest BCUT2D eigenvalue weighted by Gasteiger charge is -2.06. The van der Waals surface area contributed by atoms with Gasteiger partial charge < -0.3 is 9.47 Å². The molecule has 0 aliphatic rings. The maximum Gasteiger partial charge on any atom is 0.293 e. The standard InChI is InChI=1S/C13H12FNO.C3H6O2/c1-10-7-12(14)13(8-15-10)16-9-11-5-3-2-4-6-11;1-2-5-3-4/h2-8H,9H2,1H3;3H,2H2,1H3. The zero-order valence-corrected chi connectivity index (χ0v) is 12.1. The van der Waals surface area contributed by atoms with Gasteiger partial charge in [-0.05, 0) is 25.5 Å². The molecule has 0 atom stereocenters. The van der Waals surface area contributed by atoms with E-state index >= 15 is 0 Å². The van der Waals surface area contributed by atoms with Crippen molar-refractivity contribution >= 4 is 6.47 Å². The maximum absolute atomic E-state index is 13.4. The highest BCUT2D eigenvalue weighted by Gasteiger charge is 2.04. The number of carbonyl (C=O) groups excluding carboxylic acids is 1. The van der Waals surface area contributed by atoms with Crippen LogP contribution in [-0.2, 0) is 16.1 Å². The highest BCUT2D eigenvalue weighted by Crippen LogP contribution is 2.17. The van der Waals surface area contributed by atoms with Crippen LogP contribution in [0.1, 0.15) is 18.2 Å². The lowest BCUT2D eigenvalue weighted by molar-refractivity contribution is -0.128. The SMILES string of the molecule is CCOC=O.Cc1cc(F)c(OCc2ccccc2)cn1. The highest BCUT2D eigenvalue weighted by molar-refractivity contribution is 5.36. The fourth-order valence-electron chi connectivity index (χ4n) is 1.42. The number of benzene rings is 1. The summed E-state index contributed by atoms with van der Waals surface area (Å²) < 4.78 is 22.9. The first-order valence-corrected chi connectivity index (χ1v) is 6.51. The second-order valence-electron chi connectivity index (χ2n) is 4.08. The third-order valence-corrected chi connectivity index (χ3v) is 2.43. The summed E-state index contributed by atoms with van der Waals surface area (Å²) >= 11 is 0. The molecule has 0 spiro atoms. The van der Waals surface area contributed by atoms with Gasteiger partial charge in [-0.15, -0.1) is 0 Å². The summed E-state index contributed by atoms with van der Waals surface area (Å²) in [6.07, 6.45) is 1.41. The van der Waals surface area contributed by atoms with E-state index in [1.165, 1.54) is 12.3 Å². The Hall–Kier alpha value is -2.43. The number of carbonyl (C=O) groups is 1. The molecule has 0 aliphatic carbocycles. The topological polar surface area (TPSA) is 48.4 Å². The largest absolute Gasteiger partial charge is 0.484 e. The molecule has 0 aliphatic heterocycles. The Kier molecular flexibility index (Phi) is 7.50. The van der Waals surface area contributed by atoms with Crippen LogP contribution in [0.15, 0.2) is 42.6 Å². The first kappa shape index (κ1) is 16.6. The summed E-state index contributed by atoms with van der Waals surface area (Å²) in [5.74, 6) is -0.183. The van der Waals surface area contributed by atoms with E-state index in [9.17, 15) is 9.18 Å². The molecule has 0 saturated carbocycles. The molecular weight excluding hydrogens is 273 g/mol. The number of aromatic nitrogens is 1. The van der Waals surface area contributed by atoms with Crippen molar-refractivity contribution in [3.8, 4) is 5.75 Å². The Bertz CT molecular complexity index is 546. The van der Waals surface area contributed by atoms with Gasteiger partial charge in [0.15, 0.2) is 11.6 Å². The molecule has 2 rings (SSSR count). The Morgan fingerprint density at radius 3 is 2.52 bits per heavy atom. The van der Waals surface area contributed by atoms with Gasteiger partial charge in [0.05, 0.1) is 12.8 Å². The molecule has 0 fully saturated rings. The van der Waals surface area contributed by atoms with Crippen molar-refractivity contribution in [3.63, 3.8) is 0 Å². The fourth-order valence-corrected chi connectivity index (χ4v) is 1.42. The van der Waals surface area contributed by atoms with Gasteiger partial charge in [-0.3, -0.25) is 9.78 Å². The molecule has 0 amide bonds. The Morgan fingerprint density at radius 1 is 1.29 bits per heavy atom. The number of ether oxygens (including phenoxy) is 2. The molecule has 21 heavy (non-hydrogen) atoms. The molecule has 1 aromatic heterocycles. The smallest absolute Gasteiger partial charge is 0.293 e. The van der Waals surface area contributed by atoms with Crippen LogP contribution in [-0.4, -0.2) is 18.1 Å². The molecule has 0 bridgehead atoms. The van der Waals surface area contributed by atoms with E-state index in [1.807, 2.05) is 30.3 Å². The predicted molar refractivity (Wildman–Crippen MR) is 77.4 cm³/mol. The number of hydrogen-bond donors (Lipinski definition) is 0. The molecule has 0 N–H and O–H groups in total. The number of halogens is 1. The van der Waals surface area contributed by atoms with Crippen LogP contribution in [0.2, 0.25) is 0 Å². The van der Waals surface area contributed by atoms with Crippen LogP contribution < -0.4 is 4.74 Å². The van der Waals surface area contributed by atoms with Crippen LogP contribution in [0.4, 0.5) is 4.39 Å². The normalized spacial score (nSPS) is 9.29. The van der Waals surface area contributed by atoms with Crippen molar-refractivity contribution in [2.45, 2.75) is 20.5 Å². The number of hydrogen-bond acceptors (Lipinski definition) is 4. The van der Waals surface area contributed by atoms with Crippen molar-refractivity contribution in [3.05, 3.63) is 59.7 Å². The van der Waals surface area contributed by atoms with Gasteiger partial charge in [0.2, 0.25) is 0 Å². The molecule has 0 radical (unpaired) electrons. The first-order valence-electron chi connectivity index (χ1n) is 6.51. The average Bonchev–Trinajstić information content (AvgIpc) is 2.49. The Labute approximate surface area is 123 Å². The molecule has 5 heteroatoms. The summed E-state index contributed by atoms with van der Waals surface area (Å²) in [5.41, 5.74) is 1.65. The number of rotatable bonds is 5. The average molecular weight is 291 g/mol. The fraction of sp³-hybridized carbons (Fsp3) is 0.250. The maximum atomic E-state index is 13.4. The quantitative estimate of drug-likeness (QED) is 0.793. The molecule has 2 aromatic rings. The van der Waals surface area contributed by atoms with E-state index in [0.717, 1.165) is 5.56 Å². The van der Waals surface area contributed by atoms with E-state index < -0.39 is 0 Å². The minimum absolute atomic E-state index is 0.189. The second-order valence-corrected chi connectivity index (χ2v) is 4.08. The van der Waals surface area contributed by atoms with Crippen molar-refractivity contribution < 1.29 is 18.7 Å². The molecule has 0 saturated heterocycles. The molecule has 1 heterocycles.